The van der Waals surface area contributed by atoms with Crippen molar-refractivity contribution in [1.29, 1.82) is 0 Å². The zero-order valence-electron chi connectivity index (χ0n) is 14.9. The molecule has 1 N–H and O–H groups in total. The number of carbonyl (C=O) groups is 1. The van der Waals surface area contributed by atoms with Gasteiger partial charge in [-0.1, -0.05) is 19.9 Å². The molecular weight excluding hydrogens is 331 g/mol. The second kappa shape index (κ2) is 8.08. The van der Waals surface area contributed by atoms with Gasteiger partial charge >= 0.3 is 6.18 Å². The average molecular weight is 357 g/mol. The first-order chi connectivity index (χ1) is 11.7. The van der Waals surface area contributed by atoms with Crippen LogP contribution in [0.2, 0.25) is 0 Å². The van der Waals surface area contributed by atoms with Crippen LogP contribution in [0.1, 0.15) is 26.3 Å². The van der Waals surface area contributed by atoms with E-state index >= 15 is 0 Å². The van der Waals surface area contributed by atoms with Crippen molar-refractivity contribution in [3.63, 3.8) is 0 Å². The fourth-order valence-corrected chi connectivity index (χ4v) is 2.86. The van der Waals surface area contributed by atoms with Crippen molar-refractivity contribution in [3.05, 3.63) is 29.8 Å². The minimum atomic E-state index is -4.33. The molecule has 1 heterocycles. The molecule has 4 nitrogen and oxygen atoms in total. The van der Waals surface area contributed by atoms with Gasteiger partial charge in [-0.25, -0.2) is 0 Å². The van der Waals surface area contributed by atoms with E-state index in [0.29, 0.717) is 44.3 Å². The molecule has 1 fully saturated rings. The normalized spacial score (nSPS) is 17.6. The lowest BCUT2D eigenvalue weighted by Crippen LogP contribution is -2.54. The highest BCUT2D eigenvalue weighted by molar-refractivity contribution is 5.81. The Morgan fingerprint density at radius 2 is 1.80 bits per heavy atom. The maximum atomic E-state index is 12.8. The molecule has 1 aromatic rings. The lowest BCUT2D eigenvalue weighted by Gasteiger charge is -2.38. The molecule has 0 bridgehead atoms. The standard InChI is InChI=1S/C18H26F3N3O/c1-13(2)12-22-17(25)14(3)23-7-9-24(10-8-23)16-6-4-5-15(11-16)18(19,20)21/h4-6,11,13-14H,7-10,12H2,1-3H3,(H,22,25). The van der Waals surface area contributed by atoms with E-state index in [2.05, 4.69) is 10.2 Å². The molecule has 0 aromatic heterocycles. The third kappa shape index (κ3) is 5.36. The second-order valence-electron chi connectivity index (χ2n) is 6.89. The van der Waals surface area contributed by atoms with Crippen LogP contribution in [0, 0.1) is 5.92 Å². The smallest absolute Gasteiger partial charge is 0.369 e. The Kier molecular flexibility index (Phi) is 6.32. The van der Waals surface area contributed by atoms with Crippen LogP contribution in [-0.2, 0) is 11.0 Å². The van der Waals surface area contributed by atoms with Gasteiger partial charge in [0.1, 0.15) is 0 Å². The maximum absolute atomic E-state index is 12.8. The molecule has 2 rings (SSSR count). The predicted octanol–water partition coefficient (Wildman–Crippen LogP) is 2.99. The highest BCUT2D eigenvalue weighted by Gasteiger charge is 2.31. The van der Waals surface area contributed by atoms with Crippen molar-refractivity contribution >= 4 is 11.6 Å². The summed E-state index contributed by atoms with van der Waals surface area (Å²) in [6.45, 7) is 9.09. The summed E-state index contributed by atoms with van der Waals surface area (Å²) < 4.78 is 38.5. The van der Waals surface area contributed by atoms with Crippen molar-refractivity contribution in [2.45, 2.75) is 33.0 Å². The summed E-state index contributed by atoms with van der Waals surface area (Å²) in [6, 6.07) is 5.17. The van der Waals surface area contributed by atoms with E-state index in [-0.39, 0.29) is 11.9 Å². The zero-order valence-corrected chi connectivity index (χ0v) is 14.9. The molecular formula is C18H26F3N3O. The van der Waals surface area contributed by atoms with Crippen LogP contribution >= 0.6 is 0 Å². The summed E-state index contributed by atoms with van der Waals surface area (Å²) in [7, 11) is 0. The maximum Gasteiger partial charge on any atom is 0.416 e. The first kappa shape index (κ1) is 19.6. The quantitative estimate of drug-likeness (QED) is 0.880. The van der Waals surface area contributed by atoms with Crippen LogP contribution in [0.4, 0.5) is 18.9 Å². The summed E-state index contributed by atoms with van der Waals surface area (Å²) in [4.78, 5) is 16.2. The summed E-state index contributed by atoms with van der Waals surface area (Å²) in [5.74, 6) is 0.398. The molecule has 1 saturated heterocycles. The van der Waals surface area contributed by atoms with Crippen LogP contribution in [-0.4, -0.2) is 49.6 Å². The monoisotopic (exact) mass is 357 g/mol. The van der Waals surface area contributed by atoms with Crippen molar-refractivity contribution in [1.82, 2.24) is 10.2 Å². The number of nitrogens with one attached hydrogen (secondary N) is 1. The lowest BCUT2D eigenvalue weighted by atomic mass is 10.1. The van der Waals surface area contributed by atoms with Crippen LogP contribution in [0.3, 0.4) is 0 Å². The minimum Gasteiger partial charge on any atom is -0.369 e. The highest BCUT2D eigenvalue weighted by Crippen LogP contribution is 2.31. The summed E-state index contributed by atoms with van der Waals surface area (Å²) in [6.07, 6.45) is -4.33. The van der Waals surface area contributed by atoms with Gasteiger partial charge in [-0.3, -0.25) is 9.69 Å². The topological polar surface area (TPSA) is 35.6 Å². The number of piperazine rings is 1. The number of hydrogen-bond acceptors (Lipinski definition) is 3. The van der Waals surface area contributed by atoms with Gasteiger partial charge in [0.2, 0.25) is 5.91 Å². The van der Waals surface area contributed by atoms with Crippen LogP contribution in [0.15, 0.2) is 24.3 Å². The largest absolute Gasteiger partial charge is 0.416 e. The van der Waals surface area contributed by atoms with Gasteiger partial charge in [0.05, 0.1) is 11.6 Å². The molecule has 1 amide bonds. The first-order valence-corrected chi connectivity index (χ1v) is 8.62. The van der Waals surface area contributed by atoms with Gasteiger partial charge in [0, 0.05) is 38.4 Å². The SMILES string of the molecule is CC(C)CNC(=O)C(C)N1CCN(c2cccc(C(F)(F)F)c2)CC1. The van der Waals surface area contributed by atoms with Gasteiger partial charge in [0.15, 0.2) is 0 Å². The van der Waals surface area contributed by atoms with E-state index in [0.717, 1.165) is 6.07 Å². The van der Waals surface area contributed by atoms with Gasteiger partial charge in [-0.15, -0.1) is 0 Å². The van der Waals surface area contributed by atoms with Crippen LogP contribution < -0.4 is 10.2 Å². The number of halogens is 3. The van der Waals surface area contributed by atoms with Gasteiger partial charge in [-0.05, 0) is 31.0 Å². The Balaban J connectivity index is 1.92. The van der Waals surface area contributed by atoms with Gasteiger partial charge in [0.25, 0.3) is 0 Å². The number of nitrogens with zero attached hydrogens (tertiary/aromatic N) is 2. The third-order valence-electron chi connectivity index (χ3n) is 4.46. The van der Waals surface area contributed by atoms with E-state index in [1.807, 2.05) is 25.7 Å². The molecule has 1 aromatic carbocycles. The minimum absolute atomic E-state index is 0.00113. The number of rotatable bonds is 5. The molecule has 0 saturated carbocycles. The van der Waals surface area contributed by atoms with Crippen molar-refractivity contribution in [3.8, 4) is 0 Å². The fraction of sp³-hybridized carbons (Fsp3) is 0.611. The summed E-state index contributed by atoms with van der Waals surface area (Å²) in [5.41, 5.74) is -0.0553. The zero-order chi connectivity index (χ0) is 18.6. The molecule has 0 radical (unpaired) electrons. The first-order valence-electron chi connectivity index (χ1n) is 8.62. The van der Waals surface area contributed by atoms with Crippen LogP contribution in [0.25, 0.3) is 0 Å². The molecule has 140 valence electrons. The van der Waals surface area contributed by atoms with Crippen LogP contribution in [0.5, 0.6) is 0 Å². The lowest BCUT2D eigenvalue weighted by molar-refractivity contribution is -0.137. The Morgan fingerprint density at radius 1 is 1.16 bits per heavy atom. The Morgan fingerprint density at radius 3 is 2.36 bits per heavy atom. The van der Waals surface area contributed by atoms with Crippen molar-refractivity contribution < 1.29 is 18.0 Å². The van der Waals surface area contributed by atoms with Gasteiger partial charge < -0.3 is 10.2 Å². The number of alkyl halides is 3. The van der Waals surface area contributed by atoms with Crippen molar-refractivity contribution in [2.24, 2.45) is 5.92 Å². The number of anilines is 1. The molecule has 7 heteroatoms. The Hall–Kier alpha value is -1.76. The molecule has 0 spiro atoms. The number of hydrogen-bond donors (Lipinski definition) is 1. The Labute approximate surface area is 147 Å². The molecule has 1 unspecified atom stereocenters. The second-order valence-corrected chi connectivity index (χ2v) is 6.89. The fourth-order valence-electron chi connectivity index (χ4n) is 2.86. The van der Waals surface area contributed by atoms with E-state index in [4.69, 9.17) is 0 Å². The number of benzene rings is 1. The predicted molar refractivity (Wildman–Crippen MR) is 92.5 cm³/mol. The van der Waals surface area contributed by atoms with E-state index in [1.165, 1.54) is 12.1 Å². The molecule has 1 atom stereocenters. The highest BCUT2D eigenvalue weighted by atomic mass is 19.4. The molecule has 1 aliphatic rings. The number of amides is 1. The molecule has 0 aliphatic carbocycles. The third-order valence-corrected chi connectivity index (χ3v) is 4.46. The van der Waals surface area contributed by atoms with E-state index in [1.54, 1.807) is 6.07 Å². The average Bonchev–Trinajstić information content (AvgIpc) is 2.58. The summed E-state index contributed by atoms with van der Waals surface area (Å²) >= 11 is 0. The Bertz CT molecular complexity index is 581. The van der Waals surface area contributed by atoms with E-state index in [9.17, 15) is 18.0 Å². The van der Waals surface area contributed by atoms with E-state index < -0.39 is 11.7 Å². The number of carbonyl (C=O) groups excluding carboxylic acids is 1. The van der Waals surface area contributed by atoms with Crippen molar-refractivity contribution in [2.75, 3.05) is 37.6 Å². The molecule has 25 heavy (non-hydrogen) atoms. The molecule has 1 aliphatic heterocycles. The summed E-state index contributed by atoms with van der Waals surface area (Å²) in [5, 5.41) is 2.93. The van der Waals surface area contributed by atoms with Gasteiger partial charge in [-0.2, -0.15) is 13.2 Å².